The number of fused-ring (bicyclic) bond motifs is 2. The number of anilines is 2. The fraction of sp³-hybridized carbons (Fsp3) is 0.318. The number of benzene rings is 2. The summed E-state index contributed by atoms with van der Waals surface area (Å²) >= 11 is 0. The molecule has 31 heavy (non-hydrogen) atoms. The van der Waals surface area contributed by atoms with Gasteiger partial charge >= 0.3 is 0 Å². The fourth-order valence-corrected chi connectivity index (χ4v) is 3.59. The van der Waals surface area contributed by atoms with Gasteiger partial charge < -0.3 is 25.7 Å². The fourth-order valence-electron chi connectivity index (χ4n) is 3.59. The Morgan fingerprint density at radius 1 is 0.903 bits per heavy atom. The summed E-state index contributed by atoms with van der Waals surface area (Å²) in [4.78, 5) is 28.7. The summed E-state index contributed by atoms with van der Waals surface area (Å²) in [6.07, 6.45) is 1.13. The molecule has 0 spiro atoms. The van der Waals surface area contributed by atoms with Gasteiger partial charge in [-0.25, -0.2) is 0 Å². The Morgan fingerprint density at radius 2 is 1.39 bits per heavy atom. The third-order valence-electron chi connectivity index (χ3n) is 5.11. The normalized spacial score (nSPS) is 12.5. The first-order valence-corrected chi connectivity index (χ1v) is 10.0. The summed E-state index contributed by atoms with van der Waals surface area (Å²) in [5, 5.41) is 32.6. The van der Waals surface area contributed by atoms with Crippen LogP contribution in [-0.2, 0) is 0 Å². The van der Waals surface area contributed by atoms with Gasteiger partial charge in [0.1, 0.15) is 11.5 Å². The van der Waals surface area contributed by atoms with Gasteiger partial charge in [-0.3, -0.25) is 20.7 Å². The van der Waals surface area contributed by atoms with Crippen molar-refractivity contribution in [1.29, 1.82) is 0 Å². The molecule has 0 radical (unpaired) electrons. The molecule has 1 aliphatic carbocycles. The first-order valence-electron chi connectivity index (χ1n) is 10.0. The van der Waals surface area contributed by atoms with Crippen LogP contribution in [0.4, 0.5) is 11.4 Å². The summed E-state index contributed by atoms with van der Waals surface area (Å²) in [6.45, 7) is 1.70. The number of rotatable bonds is 9. The molecule has 0 aliphatic heterocycles. The van der Waals surface area contributed by atoms with E-state index < -0.39 is 11.6 Å². The topological polar surface area (TPSA) is 154 Å². The molecule has 1 aliphatic rings. The number of aromatic hydroxyl groups is 2. The molecular formula is C22H28N5O4+. The zero-order chi connectivity index (χ0) is 22.7. The highest BCUT2D eigenvalue weighted by atomic mass is 16.3. The Kier molecular flexibility index (Phi) is 6.45. The SMILES string of the molecule is CN(C)CCNc1ccc(O)c2c1C(=O)c1c(O)ccc(NCCCC(N)=[NH2+])c1C2=O. The van der Waals surface area contributed by atoms with E-state index in [9.17, 15) is 19.8 Å². The highest BCUT2D eigenvalue weighted by Gasteiger charge is 2.37. The molecule has 0 fully saturated rings. The third kappa shape index (κ3) is 4.46. The number of carbonyl (C=O) groups excluding carboxylic acids is 2. The van der Waals surface area contributed by atoms with E-state index in [0.29, 0.717) is 49.7 Å². The highest BCUT2D eigenvalue weighted by molar-refractivity contribution is 6.33. The molecule has 2 aromatic carbocycles. The van der Waals surface area contributed by atoms with Crippen LogP contribution in [0.25, 0.3) is 0 Å². The Labute approximate surface area is 180 Å². The number of phenolic OH excluding ortho intramolecular Hbond substituents is 2. The van der Waals surface area contributed by atoms with Gasteiger partial charge in [0.2, 0.25) is 17.4 Å². The molecule has 3 rings (SSSR count). The second kappa shape index (κ2) is 9.05. The van der Waals surface area contributed by atoms with Crippen molar-refractivity contribution in [2.75, 3.05) is 44.4 Å². The van der Waals surface area contributed by atoms with Crippen molar-refractivity contribution in [3.63, 3.8) is 0 Å². The molecule has 0 saturated heterocycles. The summed E-state index contributed by atoms with van der Waals surface area (Å²) in [6, 6.07) is 5.87. The van der Waals surface area contributed by atoms with Crippen LogP contribution >= 0.6 is 0 Å². The van der Waals surface area contributed by atoms with Gasteiger partial charge in [0.05, 0.1) is 22.3 Å². The molecule has 9 heteroatoms. The summed E-state index contributed by atoms with van der Waals surface area (Å²) < 4.78 is 0. The van der Waals surface area contributed by atoms with Gasteiger partial charge in [0.15, 0.2) is 0 Å². The zero-order valence-corrected chi connectivity index (χ0v) is 17.7. The average molecular weight is 426 g/mol. The van der Waals surface area contributed by atoms with E-state index >= 15 is 0 Å². The van der Waals surface area contributed by atoms with Crippen molar-refractivity contribution in [2.24, 2.45) is 5.73 Å². The van der Waals surface area contributed by atoms with E-state index in [0.717, 1.165) is 0 Å². The Hall–Kier alpha value is -3.59. The van der Waals surface area contributed by atoms with Crippen molar-refractivity contribution in [2.45, 2.75) is 12.8 Å². The van der Waals surface area contributed by atoms with Crippen LogP contribution in [-0.4, -0.2) is 66.2 Å². The lowest BCUT2D eigenvalue weighted by Crippen LogP contribution is -2.45. The first-order chi connectivity index (χ1) is 14.7. The standard InChI is InChI=1S/C22H27N5O4/c1-27(2)11-10-26-13-6-8-15(29)20-18(13)22(31)19-14(28)7-5-12(17(19)21(20)30)25-9-3-4-16(23)24/h5-8,25-26,28-29H,3-4,9-11H2,1-2H3,(H3,23,24)/p+1. The molecule has 0 saturated carbocycles. The lowest BCUT2D eigenvalue weighted by atomic mass is 9.81. The van der Waals surface area contributed by atoms with E-state index in [1.54, 1.807) is 6.07 Å². The minimum absolute atomic E-state index is 0.0444. The number of carbonyl (C=O) groups is 2. The summed E-state index contributed by atoms with van der Waals surface area (Å²) in [7, 11) is 3.84. The van der Waals surface area contributed by atoms with Crippen molar-refractivity contribution < 1.29 is 25.2 Å². The van der Waals surface area contributed by atoms with Crippen LogP contribution in [0.2, 0.25) is 0 Å². The van der Waals surface area contributed by atoms with Gasteiger partial charge in [-0.05, 0) is 44.8 Å². The predicted octanol–water partition coefficient (Wildman–Crippen LogP) is 0.155. The first kappa shape index (κ1) is 22.1. The maximum Gasteiger partial charge on any atom is 0.238 e. The van der Waals surface area contributed by atoms with E-state index in [1.165, 1.54) is 18.2 Å². The second-order valence-corrected chi connectivity index (χ2v) is 7.76. The Morgan fingerprint density at radius 3 is 1.84 bits per heavy atom. The van der Waals surface area contributed by atoms with Gasteiger partial charge in [0, 0.05) is 37.4 Å². The quantitative estimate of drug-likeness (QED) is 0.122. The minimum Gasteiger partial charge on any atom is -0.507 e. The highest BCUT2D eigenvalue weighted by Crippen LogP contribution is 2.42. The maximum atomic E-state index is 13.4. The molecule has 0 atom stereocenters. The summed E-state index contributed by atoms with van der Waals surface area (Å²) in [5.41, 5.74) is 6.28. The number of hydrogen-bond donors (Lipinski definition) is 6. The van der Waals surface area contributed by atoms with Gasteiger partial charge in [-0.15, -0.1) is 0 Å². The van der Waals surface area contributed by atoms with E-state index in [-0.39, 0.29) is 33.8 Å². The van der Waals surface area contributed by atoms with Gasteiger partial charge in [-0.1, -0.05) is 0 Å². The van der Waals surface area contributed by atoms with Crippen molar-refractivity contribution >= 4 is 28.8 Å². The van der Waals surface area contributed by atoms with E-state index in [2.05, 4.69) is 10.6 Å². The van der Waals surface area contributed by atoms with Crippen molar-refractivity contribution in [1.82, 2.24) is 4.90 Å². The van der Waals surface area contributed by atoms with Gasteiger partial charge in [-0.2, -0.15) is 0 Å². The maximum absolute atomic E-state index is 13.4. The molecule has 164 valence electrons. The van der Waals surface area contributed by atoms with E-state index in [1.807, 2.05) is 19.0 Å². The van der Waals surface area contributed by atoms with Crippen LogP contribution in [0.1, 0.15) is 44.7 Å². The molecular weight excluding hydrogens is 398 g/mol. The largest absolute Gasteiger partial charge is 0.507 e. The number of phenols is 2. The van der Waals surface area contributed by atoms with Crippen molar-refractivity contribution in [3.8, 4) is 11.5 Å². The monoisotopic (exact) mass is 426 g/mol. The van der Waals surface area contributed by atoms with Gasteiger partial charge in [0.25, 0.3) is 0 Å². The van der Waals surface area contributed by atoms with Crippen LogP contribution in [0.5, 0.6) is 11.5 Å². The molecule has 0 aromatic heterocycles. The smallest absolute Gasteiger partial charge is 0.238 e. The predicted molar refractivity (Wildman–Crippen MR) is 119 cm³/mol. The number of ketones is 2. The molecule has 0 unspecified atom stereocenters. The number of nitrogens with two attached hydrogens (primary N) is 2. The molecule has 8 N–H and O–H groups in total. The van der Waals surface area contributed by atoms with Crippen LogP contribution in [0.3, 0.4) is 0 Å². The number of likely N-dealkylation sites (N-methyl/N-ethyl adjacent to an activating group) is 1. The number of hydrogen-bond acceptors (Lipinski definition) is 7. The number of nitrogens with one attached hydrogen (secondary N) is 2. The van der Waals surface area contributed by atoms with Crippen molar-refractivity contribution in [3.05, 3.63) is 46.5 Å². The average Bonchev–Trinajstić information content (AvgIpc) is 2.70. The minimum atomic E-state index is -0.526. The molecule has 0 heterocycles. The third-order valence-corrected chi connectivity index (χ3v) is 5.11. The lowest BCUT2D eigenvalue weighted by Gasteiger charge is -2.24. The lowest BCUT2D eigenvalue weighted by molar-refractivity contribution is -0.118. The Bertz CT molecular complexity index is 1050. The van der Waals surface area contributed by atoms with Crippen LogP contribution in [0.15, 0.2) is 24.3 Å². The second-order valence-electron chi connectivity index (χ2n) is 7.76. The molecule has 0 bridgehead atoms. The van der Waals surface area contributed by atoms with Crippen LogP contribution < -0.4 is 21.8 Å². The van der Waals surface area contributed by atoms with Crippen LogP contribution in [0, 0.1) is 0 Å². The summed E-state index contributed by atoms with van der Waals surface area (Å²) in [5.74, 6) is -1.30. The molecule has 2 aromatic rings. The van der Waals surface area contributed by atoms with E-state index in [4.69, 9.17) is 11.1 Å². The number of nitrogens with zero attached hydrogens (tertiary/aromatic N) is 1. The molecule has 9 nitrogen and oxygen atoms in total. The Balaban J connectivity index is 2.01. The molecule has 0 amide bonds. The zero-order valence-electron chi connectivity index (χ0n) is 17.7. The number of amidine groups is 1.